The molecule has 1 aromatic heterocycles. The van der Waals surface area contributed by atoms with Gasteiger partial charge in [-0.2, -0.15) is 0 Å². The first-order chi connectivity index (χ1) is 12.4. The Labute approximate surface area is 152 Å². The van der Waals surface area contributed by atoms with Gasteiger partial charge in [-0.25, -0.2) is 4.39 Å². The van der Waals surface area contributed by atoms with Gasteiger partial charge in [0.2, 0.25) is 0 Å². The van der Waals surface area contributed by atoms with Gasteiger partial charge in [-0.1, -0.05) is 19.1 Å². The van der Waals surface area contributed by atoms with Crippen LogP contribution in [0.1, 0.15) is 36.9 Å². The number of pyridine rings is 1. The number of hydrogen-bond donors (Lipinski definition) is 1. The molecule has 2 atom stereocenters. The fraction of sp³-hybridized carbons (Fsp3) is 0.350. The molecule has 5 nitrogen and oxygen atoms in total. The van der Waals surface area contributed by atoms with E-state index in [9.17, 15) is 14.0 Å². The van der Waals surface area contributed by atoms with E-state index < -0.39 is 11.8 Å². The smallest absolute Gasteiger partial charge is 0.313 e. The lowest BCUT2D eigenvalue weighted by Crippen LogP contribution is -2.46. The van der Waals surface area contributed by atoms with Crippen molar-refractivity contribution in [3.8, 4) is 0 Å². The topological polar surface area (TPSA) is 62.3 Å². The summed E-state index contributed by atoms with van der Waals surface area (Å²) in [6.07, 6.45) is 4.80. The largest absolute Gasteiger partial charge is 0.327 e. The van der Waals surface area contributed by atoms with Crippen molar-refractivity contribution in [1.82, 2.24) is 9.88 Å². The van der Waals surface area contributed by atoms with Crippen molar-refractivity contribution in [2.24, 2.45) is 5.92 Å². The van der Waals surface area contributed by atoms with Crippen LogP contribution in [-0.4, -0.2) is 28.2 Å². The number of likely N-dealkylation sites (tertiary alicyclic amines) is 1. The van der Waals surface area contributed by atoms with Gasteiger partial charge in [0.15, 0.2) is 0 Å². The minimum Gasteiger partial charge on any atom is -0.327 e. The molecule has 3 rings (SSSR count). The number of halogens is 1. The first-order valence-corrected chi connectivity index (χ1v) is 8.73. The minimum absolute atomic E-state index is 0.289. The van der Waals surface area contributed by atoms with E-state index in [1.807, 2.05) is 13.8 Å². The summed E-state index contributed by atoms with van der Waals surface area (Å²) in [6.45, 7) is 4.38. The maximum absolute atomic E-state index is 13.6. The highest BCUT2D eigenvalue weighted by atomic mass is 19.1. The van der Waals surface area contributed by atoms with E-state index >= 15 is 0 Å². The van der Waals surface area contributed by atoms with E-state index in [2.05, 4.69) is 10.3 Å². The second-order valence-corrected chi connectivity index (χ2v) is 6.92. The summed E-state index contributed by atoms with van der Waals surface area (Å²) in [4.78, 5) is 30.8. The molecule has 0 saturated carbocycles. The van der Waals surface area contributed by atoms with E-state index in [-0.39, 0.29) is 17.8 Å². The monoisotopic (exact) mass is 355 g/mol. The number of aromatic nitrogens is 1. The summed E-state index contributed by atoms with van der Waals surface area (Å²) in [5.74, 6) is -1.36. The zero-order valence-electron chi connectivity index (χ0n) is 14.9. The van der Waals surface area contributed by atoms with E-state index in [1.54, 1.807) is 29.3 Å². The molecule has 1 saturated heterocycles. The van der Waals surface area contributed by atoms with Crippen molar-refractivity contribution in [2.45, 2.75) is 32.7 Å². The summed E-state index contributed by atoms with van der Waals surface area (Å²) in [6, 6.07) is 7.69. The van der Waals surface area contributed by atoms with Gasteiger partial charge in [0, 0.05) is 12.7 Å². The van der Waals surface area contributed by atoms with Crippen molar-refractivity contribution >= 4 is 17.5 Å². The molecular formula is C20H22FN3O2. The molecular weight excluding hydrogens is 333 g/mol. The molecule has 136 valence electrons. The van der Waals surface area contributed by atoms with Crippen molar-refractivity contribution in [1.29, 1.82) is 0 Å². The number of hydrogen-bond acceptors (Lipinski definition) is 3. The lowest BCUT2D eigenvalue weighted by molar-refractivity contribution is -0.146. The molecule has 26 heavy (non-hydrogen) atoms. The lowest BCUT2D eigenvalue weighted by Gasteiger charge is -2.38. The van der Waals surface area contributed by atoms with Crippen molar-refractivity contribution in [3.05, 3.63) is 59.7 Å². The highest BCUT2D eigenvalue weighted by Crippen LogP contribution is 2.33. The van der Waals surface area contributed by atoms with Crippen molar-refractivity contribution in [2.75, 3.05) is 11.9 Å². The fourth-order valence-electron chi connectivity index (χ4n) is 3.38. The molecule has 1 aliphatic rings. The van der Waals surface area contributed by atoms with Gasteiger partial charge in [0.25, 0.3) is 0 Å². The Bertz CT molecular complexity index is 824. The Morgan fingerprint density at radius 2 is 2.04 bits per heavy atom. The van der Waals surface area contributed by atoms with Gasteiger partial charge < -0.3 is 10.2 Å². The summed E-state index contributed by atoms with van der Waals surface area (Å²) >= 11 is 0. The van der Waals surface area contributed by atoms with Gasteiger partial charge >= 0.3 is 11.8 Å². The van der Waals surface area contributed by atoms with Crippen LogP contribution >= 0.6 is 0 Å². The number of benzene rings is 1. The number of anilines is 1. The van der Waals surface area contributed by atoms with E-state index in [0.717, 1.165) is 17.5 Å². The van der Waals surface area contributed by atoms with Gasteiger partial charge in [0.05, 0.1) is 17.9 Å². The first-order valence-electron chi connectivity index (χ1n) is 8.73. The van der Waals surface area contributed by atoms with E-state index in [0.29, 0.717) is 18.7 Å². The number of piperidine rings is 1. The maximum atomic E-state index is 13.6. The van der Waals surface area contributed by atoms with E-state index in [1.165, 1.54) is 18.3 Å². The summed E-state index contributed by atoms with van der Waals surface area (Å²) in [7, 11) is 0. The van der Waals surface area contributed by atoms with Gasteiger partial charge in [0.1, 0.15) is 5.82 Å². The van der Waals surface area contributed by atoms with Gasteiger partial charge in [-0.15, -0.1) is 0 Å². The number of nitrogens with zero attached hydrogens (tertiary/aromatic N) is 2. The first kappa shape index (κ1) is 18.0. The zero-order valence-corrected chi connectivity index (χ0v) is 14.9. The third-order valence-corrected chi connectivity index (χ3v) is 4.64. The maximum Gasteiger partial charge on any atom is 0.313 e. The number of carbonyl (C=O) groups excluding carboxylic acids is 2. The highest BCUT2D eigenvalue weighted by Gasteiger charge is 2.34. The lowest BCUT2D eigenvalue weighted by atomic mass is 9.89. The van der Waals surface area contributed by atoms with Crippen LogP contribution in [-0.2, 0) is 9.59 Å². The molecule has 0 radical (unpaired) electrons. The average molecular weight is 355 g/mol. The highest BCUT2D eigenvalue weighted by molar-refractivity contribution is 6.39. The van der Waals surface area contributed by atoms with Crippen LogP contribution in [0, 0.1) is 18.7 Å². The zero-order chi connectivity index (χ0) is 18.7. The molecule has 0 spiro atoms. The van der Waals surface area contributed by atoms with E-state index in [4.69, 9.17) is 0 Å². The predicted molar refractivity (Wildman–Crippen MR) is 96.9 cm³/mol. The molecule has 1 N–H and O–H groups in total. The fourth-order valence-corrected chi connectivity index (χ4v) is 3.38. The van der Waals surface area contributed by atoms with Crippen molar-refractivity contribution < 1.29 is 14.0 Å². The average Bonchev–Trinajstić information content (AvgIpc) is 2.61. The molecule has 1 fully saturated rings. The van der Waals surface area contributed by atoms with Gasteiger partial charge in [-0.05, 0) is 55.0 Å². The van der Waals surface area contributed by atoms with Crippen LogP contribution in [0.15, 0.2) is 42.7 Å². The molecule has 2 aromatic rings. The Hall–Kier alpha value is -2.76. The molecule has 2 heterocycles. The third kappa shape index (κ3) is 4.07. The molecule has 6 heteroatoms. The summed E-state index contributed by atoms with van der Waals surface area (Å²) < 4.78 is 13.6. The van der Waals surface area contributed by atoms with Gasteiger partial charge in [-0.3, -0.25) is 14.6 Å². The Morgan fingerprint density at radius 1 is 1.23 bits per heavy atom. The van der Waals surface area contributed by atoms with Crippen LogP contribution in [0.25, 0.3) is 0 Å². The minimum atomic E-state index is -0.701. The normalized spacial score (nSPS) is 19.9. The Balaban J connectivity index is 1.80. The SMILES string of the molecule is Cc1cncc(NC(=O)C(=O)N2C[C@@H](C)CC[C@H]2c2cccc(F)c2)c1. The van der Waals surface area contributed by atoms with Crippen LogP contribution < -0.4 is 5.32 Å². The predicted octanol–water partition coefficient (Wildman–Crippen LogP) is 3.47. The van der Waals surface area contributed by atoms with Crippen molar-refractivity contribution in [3.63, 3.8) is 0 Å². The molecule has 2 amide bonds. The summed E-state index contributed by atoms with van der Waals surface area (Å²) in [5, 5.41) is 2.61. The second kappa shape index (κ2) is 7.64. The summed E-state index contributed by atoms with van der Waals surface area (Å²) in [5.41, 5.74) is 2.09. The van der Waals surface area contributed by atoms with Crippen LogP contribution in [0.5, 0.6) is 0 Å². The Morgan fingerprint density at radius 3 is 2.77 bits per heavy atom. The molecule has 1 aliphatic heterocycles. The number of amides is 2. The molecule has 0 bridgehead atoms. The molecule has 0 aliphatic carbocycles. The van der Waals surface area contributed by atoms with Crippen LogP contribution in [0.3, 0.4) is 0 Å². The number of rotatable bonds is 2. The quantitative estimate of drug-likeness (QED) is 0.839. The third-order valence-electron chi connectivity index (χ3n) is 4.64. The number of carbonyl (C=O) groups is 2. The standard InChI is InChI=1S/C20H22FN3O2/c1-13-6-7-18(15-4-3-5-16(21)9-15)24(12-13)20(26)19(25)23-17-8-14(2)10-22-11-17/h3-5,8-11,13,18H,6-7,12H2,1-2H3,(H,23,25)/t13-,18-/m0/s1. The number of aryl methyl sites for hydroxylation is 1. The second-order valence-electron chi connectivity index (χ2n) is 6.92. The molecule has 0 unspecified atom stereocenters. The van der Waals surface area contributed by atoms with Crippen LogP contribution in [0.4, 0.5) is 10.1 Å². The number of nitrogens with one attached hydrogen (secondary N) is 1. The molecule has 1 aromatic carbocycles. The Kier molecular flexibility index (Phi) is 5.30. The van der Waals surface area contributed by atoms with Crippen LogP contribution in [0.2, 0.25) is 0 Å².